The molecule has 4 rings (SSSR count). The third-order valence-corrected chi connectivity index (χ3v) is 9.89. The zero-order chi connectivity index (χ0) is 33.8. The molecule has 1 N–H and O–H groups in total. The Balaban J connectivity index is 1.99. The first kappa shape index (κ1) is 34.8. The van der Waals surface area contributed by atoms with Crippen molar-refractivity contribution in [3.63, 3.8) is 0 Å². The van der Waals surface area contributed by atoms with Gasteiger partial charge in [0.05, 0.1) is 24.1 Å². The number of amides is 1. The van der Waals surface area contributed by atoms with E-state index in [9.17, 15) is 19.6 Å². The molecule has 0 spiro atoms. The lowest BCUT2D eigenvalue weighted by atomic mass is 9.88. The zero-order valence-corrected chi connectivity index (χ0v) is 28.7. The van der Waals surface area contributed by atoms with Gasteiger partial charge in [-0.2, -0.15) is 15.5 Å². The molecule has 1 fully saturated rings. The molecule has 1 aliphatic carbocycles. The van der Waals surface area contributed by atoms with E-state index in [1.165, 1.54) is 16.5 Å². The number of aryl methyl sites for hydroxylation is 2. The van der Waals surface area contributed by atoms with Gasteiger partial charge in [-0.3, -0.25) is 14.2 Å². The third-order valence-electron chi connectivity index (χ3n) is 8.61. The summed E-state index contributed by atoms with van der Waals surface area (Å²) in [6.45, 7) is 16.2. The predicted octanol–water partition coefficient (Wildman–Crippen LogP) is 5.62. The fraction of sp³-hybridized carbons (Fsp3) is 0.529. The number of carbonyl (C=O) groups excluding carboxylic acids is 1. The van der Waals surface area contributed by atoms with Crippen molar-refractivity contribution in [2.45, 2.75) is 111 Å². The zero-order valence-electron chi connectivity index (χ0n) is 27.9. The number of fused-ring (bicyclic) bond motifs is 1. The molecule has 1 amide bonds. The van der Waals surface area contributed by atoms with Crippen molar-refractivity contribution in [2.24, 2.45) is 16.1 Å². The van der Waals surface area contributed by atoms with Gasteiger partial charge in [0.15, 0.2) is 0 Å². The van der Waals surface area contributed by atoms with E-state index in [2.05, 4.69) is 41.3 Å². The van der Waals surface area contributed by atoms with E-state index in [4.69, 9.17) is 4.74 Å². The van der Waals surface area contributed by atoms with Crippen molar-refractivity contribution < 1.29 is 9.53 Å². The van der Waals surface area contributed by atoms with Crippen molar-refractivity contribution in [3.05, 3.63) is 61.8 Å². The maximum absolute atomic E-state index is 14.6. The minimum atomic E-state index is -1.51. The smallest absolute Gasteiger partial charge is 0.333 e. The van der Waals surface area contributed by atoms with Crippen LogP contribution in [0.25, 0.3) is 10.2 Å². The lowest BCUT2D eigenvalue weighted by Gasteiger charge is -2.32. The van der Waals surface area contributed by atoms with Crippen molar-refractivity contribution in [3.8, 4) is 6.07 Å². The Morgan fingerprint density at radius 3 is 2.52 bits per heavy atom. The molecule has 0 unspecified atom stereocenters. The molecule has 11 nitrogen and oxygen atoms in total. The summed E-state index contributed by atoms with van der Waals surface area (Å²) in [5.41, 5.74) is -0.0519. The molecule has 12 heteroatoms. The number of nitrogens with one attached hydrogen (secondary N) is 1. The summed E-state index contributed by atoms with van der Waals surface area (Å²) < 4.78 is 9.46. The second-order valence-corrected chi connectivity index (χ2v) is 13.5. The van der Waals surface area contributed by atoms with Crippen LogP contribution in [0, 0.1) is 24.2 Å². The molecule has 0 saturated heterocycles. The summed E-state index contributed by atoms with van der Waals surface area (Å²) in [7, 11) is 0. The number of hydrogen-bond acceptors (Lipinski definition) is 9. The molecule has 0 radical (unpaired) electrons. The molecule has 0 bridgehead atoms. The van der Waals surface area contributed by atoms with Gasteiger partial charge in [0, 0.05) is 30.5 Å². The Kier molecular flexibility index (Phi) is 11.0. The summed E-state index contributed by atoms with van der Waals surface area (Å²) in [6.07, 6.45) is 4.70. The molecule has 0 aliphatic heterocycles. The standard InChI is InChI=1S/C34H45N7O4S/c1-9-24-13-11-12-14-26(24)27(45-25-17-15-23(19-35)16-18-25)20-39-31-28(22(5)30(46-31)41(36-8)37-10-2)29(42)40(33(39)44)34(6,7)32(43)38-21(3)4/h10-14,21,23,25,27H,8-9,15-18,20H2,1-7H3,(H,38,43)/b37-10-/t23?,25?,27-/m0/s1. The van der Waals surface area contributed by atoms with Crippen LogP contribution in [0.15, 0.2) is 44.1 Å². The molecular formula is C34H45N7O4S. The lowest BCUT2D eigenvalue weighted by Crippen LogP contribution is -2.56. The maximum atomic E-state index is 14.6. The minimum absolute atomic E-state index is 0.0194. The van der Waals surface area contributed by atoms with E-state index in [-0.39, 0.29) is 24.6 Å². The molecule has 1 saturated carbocycles. The summed E-state index contributed by atoms with van der Waals surface area (Å²) in [5, 5.41) is 22.8. The first-order valence-corrected chi connectivity index (χ1v) is 16.7. The predicted molar refractivity (Wildman–Crippen MR) is 185 cm³/mol. The number of hydrogen-bond donors (Lipinski definition) is 1. The second kappa shape index (κ2) is 14.6. The highest BCUT2D eigenvalue weighted by atomic mass is 32.1. The van der Waals surface area contributed by atoms with E-state index >= 15 is 0 Å². The summed E-state index contributed by atoms with van der Waals surface area (Å²) in [4.78, 5) is 42.8. The first-order chi connectivity index (χ1) is 21.9. The average Bonchev–Trinajstić information content (AvgIpc) is 3.37. The van der Waals surface area contributed by atoms with Crippen molar-refractivity contribution in [1.29, 1.82) is 5.26 Å². The molecule has 1 aliphatic rings. The van der Waals surface area contributed by atoms with E-state index in [1.807, 2.05) is 32.0 Å². The number of rotatable bonds is 12. The number of thiophene rings is 1. The minimum Gasteiger partial charge on any atom is -0.368 e. The van der Waals surface area contributed by atoms with Gasteiger partial charge in [0.1, 0.15) is 21.5 Å². The fourth-order valence-corrected chi connectivity index (χ4v) is 7.32. The third kappa shape index (κ3) is 6.86. The molecule has 246 valence electrons. The SMILES string of the molecule is C=NN(/N=C\C)c1sc2c(c1C)c(=O)n(C(C)(C)C(=O)NC(C)C)c(=O)n2C[C@H](OC1CCC(C#N)CC1)c1ccccc1CC. The van der Waals surface area contributed by atoms with Gasteiger partial charge >= 0.3 is 5.69 Å². The van der Waals surface area contributed by atoms with Crippen molar-refractivity contribution in [1.82, 2.24) is 14.5 Å². The monoisotopic (exact) mass is 647 g/mol. The van der Waals surface area contributed by atoms with Crippen LogP contribution in [-0.2, 0) is 28.0 Å². The van der Waals surface area contributed by atoms with Crippen LogP contribution in [-0.4, -0.2) is 40.1 Å². The maximum Gasteiger partial charge on any atom is 0.333 e. The Labute approximate surface area is 274 Å². The van der Waals surface area contributed by atoms with Gasteiger partial charge in [-0.25, -0.2) is 9.36 Å². The quantitative estimate of drug-likeness (QED) is 0.200. The number of aromatic nitrogens is 2. The number of benzene rings is 1. The summed E-state index contributed by atoms with van der Waals surface area (Å²) in [5.74, 6) is -0.421. The van der Waals surface area contributed by atoms with Gasteiger partial charge in [0.25, 0.3) is 5.56 Å². The Morgan fingerprint density at radius 1 is 1.26 bits per heavy atom. The van der Waals surface area contributed by atoms with Crippen molar-refractivity contribution >= 4 is 45.4 Å². The number of nitrogens with zero attached hydrogens (tertiary/aromatic N) is 6. The number of anilines is 1. The van der Waals surface area contributed by atoms with Crippen LogP contribution in [0.4, 0.5) is 5.00 Å². The lowest BCUT2D eigenvalue weighted by molar-refractivity contribution is -0.129. The highest BCUT2D eigenvalue weighted by Gasteiger charge is 2.37. The Hall–Kier alpha value is -4.08. The molecule has 1 atom stereocenters. The van der Waals surface area contributed by atoms with E-state index in [0.29, 0.717) is 20.8 Å². The molecule has 46 heavy (non-hydrogen) atoms. The average molecular weight is 648 g/mol. The first-order valence-electron chi connectivity index (χ1n) is 15.9. The largest absolute Gasteiger partial charge is 0.368 e. The summed E-state index contributed by atoms with van der Waals surface area (Å²) >= 11 is 1.22. The van der Waals surface area contributed by atoms with Crippen LogP contribution < -0.4 is 21.7 Å². The number of carbonyl (C=O) groups is 1. The number of ether oxygens (including phenoxy) is 1. The normalized spacial score (nSPS) is 17.7. The van der Waals surface area contributed by atoms with E-state index in [0.717, 1.165) is 47.8 Å². The molecule has 1 aromatic carbocycles. The Bertz CT molecular complexity index is 1770. The van der Waals surface area contributed by atoms with Gasteiger partial charge in [-0.15, -0.1) is 5.12 Å². The fourth-order valence-electron chi connectivity index (χ4n) is 6.09. The second-order valence-electron chi connectivity index (χ2n) is 12.5. The number of nitriles is 1. The molecule has 2 heterocycles. The van der Waals surface area contributed by atoms with Crippen LogP contribution in [0.1, 0.15) is 90.0 Å². The molecule has 3 aromatic rings. The van der Waals surface area contributed by atoms with Crippen molar-refractivity contribution in [2.75, 3.05) is 5.12 Å². The molecular weight excluding hydrogens is 602 g/mol. The summed E-state index contributed by atoms with van der Waals surface area (Å²) in [6, 6.07) is 10.2. The number of hydrazone groups is 2. The van der Waals surface area contributed by atoms with Crippen LogP contribution in [0.2, 0.25) is 0 Å². The van der Waals surface area contributed by atoms with Gasteiger partial charge in [-0.05, 0) is 84.8 Å². The van der Waals surface area contributed by atoms with E-state index in [1.54, 1.807) is 38.5 Å². The van der Waals surface area contributed by atoms with Crippen LogP contribution >= 0.6 is 11.3 Å². The van der Waals surface area contributed by atoms with Gasteiger partial charge in [0.2, 0.25) is 5.91 Å². The Morgan fingerprint density at radius 2 is 1.93 bits per heavy atom. The highest BCUT2D eigenvalue weighted by Crippen LogP contribution is 2.38. The van der Waals surface area contributed by atoms with Gasteiger partial charge < -0.3 is 10.1 Å². The van der Waals surface area contributed by atoms with Gasteiger partial charge in [-0.1, -0.05) is 42.5 Å². The topological polar surface area (TPSA) is 134 Å². The molecule has 2 aromatic heterocycles. The van der Waals surface area contributed by atoms with Crippen LogP contribution in [0.3, 0.4) is 0 Å². The van der Waals surface area contributed by atoms with Crippen LogP contribution in [0.5, 0.6) is 0 Å². The highest BCUT2D eigenvalue weighted by molar-refractivity contribution is 7.22. The van der Waals surface area contributed by atoms with E-state index < -0.39 is 28.8 Å².